The Hall–Kier alpha value is -0.770. The molecule has 0 atom stereocenters. The first-order valence-electron chi connectivity index (χ1n) is 9.64. The molecule has 0 aromatic heterocycles. The molecular weight excluding hydrogens is 489 g/mol. The molecule has 28 heavy (non-hydrogen) atoms. The number of guanidine groups is 1. The van der Waals surface area contributed by atoms with E-state index >= 15 is 0 Å². The van der Waals surface area contributed by atoms with Crippen LogP contribution in [0, 0.1) is 0 Å². The number of halogens is 2. The lowest BCUT2D eigenvalue weighted by Crippen LogP contribution is -2.45. The molecule has 1 aliphatic heterocycles. The van der Waals surface area contributed by atoms with Crippen LogP contribution in [-0.4, -0.2) is 69.9 Å². The van der Waals surface area contributed by atoms with Crippen molar-refractivity contribution < 1.29 is 4.74 Å². The fourth-order valence-corrected chi connectivity index (χ4v) is 3.15. The van der Waals surface area contributed by atoms with Crippen LogP contribution in [0.1, 0.15) is 26.3 Å². The second kappa shape index (κ2) is 12.0. The summed E-state index contributed by atoms with van der Waals surface area (Å²) in [5.41, 5.74) is 2.00. The van der Waals surface area contributed by atoms with E-state index in [-0.39, 0.29) is 29.6 Å². The number of hydrogen-bond acceptors (Lipinski definition) is 4. The smallest absolute Gasteiger partial charge is 0.191 e. The molecule has 8 heteroatoms. The highest BCUT2D eigenvalue weighted by molar-refractivity contribution is 14.0. The Morgan fingerprint density at radius 1 is 1.21 bits per heavy atom. The monoisotopic (exact) mass is 523 g/mol. The second-order valence-corrected chi connectivity index (χ2v) is 7.95. The molecule has 0 bridgehead atoms. The summed E-state index contributed by atoms with van der Waals surface area (Å²) < 4.78 is 5.48. The van der Waals surface area contributed by atoms with Crippen molar-refractivity contribution >= 4 is 47.2 Å². The highest BCUT2D eigenvalue weighted by Crippen LogP contribution is 2.29. The number of nitrogens with zero attached hydrogens (tertiary/aromatic N) is 3. The van der Waals surface area contributed by atoms with E-state index in [9.17, 15) is 0 Å². The third-order valence-electron chi connectivity index (χ3n) is 4.91. The number of aliphatic imine (C=N–C) groups is 1. The lowest BCUT2D eigenvalue weighted by Gasteiger charge is -2.35. The van der Waals surface area contributed by atoms with Crippen molar-refractivity contribution in [3.8, 4) is 0 Å². The second-order valence-electron chi connectivity index (χ2n) is 7.54. The molecule has 0 radical (unpaired) electrons. The zero-order chi connectivity index (χ0) is 19.9. The summed E-state index contributed by atoms with van der Waals surface area (Å²) in [5.74, 6) is 0.770. The first-order valence-corrected chi connectivity index (χ1v) is 10.0. The number of nitrogens with one attached hydrogen (secondary N) is 2. The molecular formula is C20H35ClIN5O. The Labute approximate surface area is 192 Å². The molecule has 1 fully saturated rings. The Kier molecular flexibility index (Phi) is 10.9. The molecule has 6 nitrogen and oxygen atoms in total. The Bertz CT molecular complexity index is 633. The maximum atomic E-state index is 6.54. The number of benzene rings is 1. The highest BCUT2D eigenvalue weighted by atomic mass is 127. The Balaban J connectivity index is 0.00000392. The van der Waals surface area contributed by atoms with E-state index < -0.39 is 0 Å². The topological polar surface area (TPSA) is 52.1 Å². The van der Waals surface area contributed by atoms with Crippen LogP contribution < -0.4 is 15.5 Å². The summed E-state index contributed by atoms with van der Waals surface area (Å²) in [6, 6.07) is 6.12. The van der Waals surface area contributed by atoms with Crippen molar-refractivity contribution in [3.05, 3.63) is 28.8 Å². The summed E-state index contributed by atoms with van der Waals surface area (Å²) >= 11 is 6.54. The molecule has 0 saturated carbocycles. The number of ether oxygens (including phenoxy) is 1. The predicted octanol–water partition coefficient (Wildman–Crippen LogP) is 3.19. The van der Waals surface area contributed by atoms with Gasteiger partial charge in [0, 0.05) is 62.7 Å². The van der Waals surface area contributed by atoms with Gasteiger partial charge in [0.25, 0.3) is 0 Å². The minimum absolute atomic E-state index is 0. The lowest BCUT2D eigenvalue weighted by molar-refractivity contribution is 0.0268. The molecule has 1 aromatic rings. The average Bonchev–Trinajstić information content (AvgIpc) is 2.65. The number of likely N-dealkylation sites (N-methyl/N-ethyl adjacent to an activating group) is 1. The van der Waals surface area contributed by atoms with Crippen LogP contribution in [-0.2, 0) is 11.3 Å². The average molecular weight is 524 g/mol. The SMILES string of the molecule is CCNC(=NCc1c(Cl)cccc1N1CCN(C)CC1)NCC(C)(C)OC.I. The number of piperazine rings is 1. The molecule has 0 spiro atoms. The van der Waals surface area contributed by atoms with Gasteiger partial charge in [0.1, 0.15) is 0 Å². The van der Waals surface area contributed by atoms with Crippen LogP contribution in [0.15, 0.2) is 23.2 Å². The van der Waals surface area contributed by atoms with Gasteiger partial charge in [-0.15, -0.1) is 24.0 Å². The lowest BCUT2D eigenvalue weighted by atomic mass is 10.1. The van der Waals surface area contributed by atoms with Crippen molar-refractivity contribution in [2.75, 3.05) is 58.3 Å². The fraction of sp³-hybridized carbons (Fsp3) is 0.650. The minimum atomic E-state index is -0.258. The summed E-state index contributed by atoms with van der Waals surface area (Å²) in [6.07, 6.45) is 0. The van der Waals surface area contributed by atoms with Gasteiger partial charge < -0.3 is 25.2 Å². The number of methoxy groups -OCH3 is 1. The Morgan fingerprint density at radius 3 is 2.50 bits per heavy atom. The van der Waals surface area contributed by atoms with Crippen molar-refractivity contribution in [3.63, 3.8) is 0 Å². The zero-order valence-electron chi connectivity index (χ0n) is 17.7. The molecule has 0 aliphatic carbocycles. The van der Waals surface area contributed by atoms with Crippen LogP contribution >= 0.6 is 35.6 Å². The van der Waals surface area contributed by atoms with E-state index in [4.69, 9.17) is 21.3 Å². The van der Waals surface area contributed by atoms with E-state index in [0.29, 0.717) is 13.1 Å². The number of rotatable bonds is 7. The van der Waals surface area contributed by atoms with E-state index in [2.05, 4.69) is 40.5 Å². The molecule has 0 amide bonds. The van der Waals surface area contributed by atoms with Gasteiger partial charge in [-0.2, -0.15) is 0 Å². The number of hydrogen-bond donors (Lipinski definition) is 2. The maximum absolute atomic E-state index is 6.54. The number of anilines is 1. The quantitative estimate of drug-likeness (QED) is 0.327. The van der Waals surface area contributed by atoms with E-state index in [1.165, 1.54) is 5.69 Å². The normalized spacial score (nSPS) is 15.9. The van der Waals surface area contributed by atoms with Gasteiger partial charge in [-0.25, -0.2) is 4.99 Å². The molecule has 1 saturated heterocycles. The van der Waals surface area contributed by atoms with Crippen LogP contribution in [0.5, 0.6) is 0 Å². The van der Waals surface area contributed by atoms with Gasteiger partial charge in [-0.3, -0.25) is 0 Å². The summed E-state index contributed by atoms with van der Waals surface area (Å²) in [4.78, 5) is 9.53. The molecule has 1 aliphatic rings. The van der Waals surface area contributed by atoms with Crippen LogP contribution in [0.3, 0.4) is 0 Å². The van der Waals surface area contributed by atoms with Gasteiger partial charge in [-0.1, -0.05) is 17.7 Å². The molecule has 2 N–H and O–H groups in total. The summed E-state index contributed by atoms with van der Waals surface area (Å²) in [6.45, 7) is 12.3. The van der Waals surface area contributed by atoms with Gasteiger partial charge in [-0.05, 0) is 40.0 Å². The maximum Gasteiger partial charge on any atom is 0.191 e. The van der Waals surface area contributed by atoms with Gasteiger partial charge >= 0.3 is 0 Å². The van der Waals surface area contributed by atoms with Crippen molar-refractivity contribution in [1.82, 2.24) is 15.5 Å². The molecule has 160 valence electrons. The zero-order valence-corrected chi connectivity index (χ0v) is 20.8. The van der Waals surface area contributed by atoms with E-state index in [1.807, 2.05) is 26.0 Å². The van der Waals surface area contributed by atoms with Crippen molar-refractivity contribution in [2.45, 2.75) is 32.9 Å². The predicted molar refractivity (Wildman–Crippen MR) is 130 cm³/mol. The third kappa shape index (κ3) is 7.57. The third-order valence-corrected chi connectivity index (χ3v) is 5.27. The molecule has 1 heterocycles. The van der Waals surface area contributed by atoms with E-state index in [0.717, 1.165) is 49.3 Å². The highest BCUT2D eigenvalue weighted by Gasteiger charge is 2.19. The minimum Gasteiger partial charge on any atom is -0.377 e. The Morgan fingerprint density at radius 2 is 1.89 bits per heavy atom. The largest absolute Gasteiger partial charge is 0.377 e. The molecule has 0 unspecified atom stereocenters. The van der Waals surface area contributed by atoms with Gasteiger partial charge in [0.2, 0.25) is 0 Å². The molecule has 2 rings (SSSR count). The van der Waals surface area contributed by atoms with E-state index in [1.54, 1.807) is 7.11 Å². The first-order chi connectivity index (χ1) is 12.9. The van der Waals surface area contributed by atoms with Crippen LogP contribution in [0.4, 0.5) is 5.69 Å². The van der Waals surface area contributed by atoms with Crippen molar-refractivity contribution in [2.24, 2.45) is 4.99 Å². The fourth-order valence-electron chi connectivity index (χ4n) is 2.92. The van der Waals surface area contributed by atoms with Crippen LogP contribution in [0.2, 0.25) is 5.02 Å². The van der Waals surface area contributed by atoms with Crippen molar-refractivity contribution in [1.29, 1.82) is 0 Å². The van der Waals surface area contributed by atoms with Crippen LogP contribution in [0.25, 0.3) is 0 Å². The standard InChI is InChI=1S/C20H34ClN5O.HI/c1-6-22-19(24-15-20(2,3)27-5)23-14-16-17(21)8-7-9-18(16)26-12-10-25(4)11-13-26;/h7-9H,6,10-15H2,1-5H3,(H2,22,23,24);1H. The molecule has 1 aromatic carbocycles. The first kappa shape index (κ1) is 25.3. The summed E-state index contributed by atoms with van der Waals surface area (Å²) in [7, 11) is 3.88. The summed E-state index contributed by atoms with van der Waals surface area (Å²) in [5, 5.41) is 7.42. The van der Waals surface area contributed by atoms with Gasteiger partial charge in [0.05, 0.1) is 12.1 Å². The van der Waals surface area contributed by atoms with Gasteiger partial charge in [0.15, 0.2) is 5.96 Å².